The normalized spacial score (nSPS) is 11.3. The molecule has 0 unspecified atom stereocenters. The van der Waals surface area contributed by atoms with Crippen LogP contribution in [0, 0.1) is 12.7 Å². The van der Waals surface area contributed by atoms with Crippen molar-refractivity contribution in [3.8, 4) is 0 Å². The lowest BCUT2D eigenvalue weighted by Gasteiger charge is -2.11. The van der Waals surface area contributed by atoms with Gasteiger partial charge in [0, 0.05) is 11.8 Å². The molecule has 1 N–H and O–H groups in total. The van der Waals surface area contributed by atoms with Crippen LogP contribution in [0.1, 0.15) is 27.2 Å². The molecule has 116 valence electrons. The van der Waals surface area contributed by atoms with Crippen LogP contribution in [0.3, 0.4) is 0 Å². The number of pyridine rings is 1. The Morgan fingerprint density at radius 2 is 2.00 bits per heavy atom. The van der Waals surface area contributed by atoms with Gasteiger partial charge in [-0.05, 0) is 36.8 Å². The van der Waals surface area contributed by atoms with E-state index in [-0.39, 0.29) is 12.1 Å². The Morgan fingerprint density at radius 3 is 2.64 bits per heavy atom. The summed E-state index contributed by atoms with van der Waals surface area (Å²) in [5, 5.41) is 2.46. The van der Waals surface area contributed by atoms with E-state index in [1.54, 1.807) is 25.3 Å². The third-order valence-electron chi connectivity index (χ3n) is 3.07. The third-order valence-corrected chi connectivity index (χ3v) is 3.07. The van der Waals surface area contributed by atoms with Crippen LogP contribution in [0.2, 0.25) is 0 Å². The van der Waals surface area contributed by atoms with Gasteiger partial charge in [-0.1, -0.05) is 6.07 Å². The van der Waals surface area contributed by atoms with Crippen molar-refractivity contribution in [2.75, 3.05) is 0 Å². The van der Waals surface area contributed by atoms with Crippen molar-refractivity contribution in [3.05, 3.63) is 64.7 Å². The van der Waals surface area contributed by atoms with Gasteiger partial charge in [0.05, 0.1) is 17.8 Å². The summed E-state index contributed by atoms with van der Waals surface area (Å²) < 4.78 is 51.0. The van der Waals surface area contributed by atoms with Crippen molar-refractivity contribution < 1.29 is 22.4 Å². The molecular formula is C15H12F4N2O. The first-order chi connectivity index (χ1) is 10.3. The van der Waals surface area contributed by atoms with Gasteiger partial charge in [0.15, 0.2) is 0 Å². The number of nitrogens with zero attached hydrogens (tertiary/aromatic N) is 1. The fourth-order valence-electron chi connectivity index (χ4n) is 1.85. The van der Waals surface area contributed by atoms with Crippen molar-refractivity contribution >= 4 is 5.91 Å². The minimum absolute atomic E-state index is 0.0736. The second-order valence-electron chi connectivity index (χ2n) is 4.64. The van der Waals surface area contributed by atoms with Gasteiger partial charge in [-0.3, -0.25) is 9.78 Å². The van der Waals surface area contributed by atoms with E-state index >= 15 is 0 Å². The lowest BCUT2D eigenvalue weighted by atomic mass is 10.1. The van der Waals surface area contributed by atoms with Crippen molar-refractivity contribution in [3.63, 3.8) is 0 Å². The van der Waals surface area contributed by atoms with Gasteiger partial charge in [-0.25, -0.2) is 4.39 Å². The van der Waals surface area contributed by atoms with Crippen LogP contribution >= 0.6 is 0 Å². The number of alkyl halides is 3. The molecule has 3 nitrogen and oxygen atoms in total. The molecule has 2 aromatic rings. The fourth-order valence-corrected chi connectivity index (χ4v) is 1.85. The molecule has 1 amide bonds. The predicted octanol–water partition coefficient (Wildman–Crippen LogP) is 3.48. The maximum absolute atomic E-state index is 13.2. The van der Waals surface area contributed by atoms with Gasteiger partial charge < -0.3 is 5.32 Å². The molecule has 7 heteroatoms. The smallest absolute Gasteiger partial charge is 0.346 e. The Balaban J connectivity index is 2.15. The number of halogens is 4. The summed E-state index contributed by atoms with van der Waals surface area (Å²) in [5.41, 5.74) is -0.275. The highest BCUT2D eigenvalue weighted by Gasteiger charge is 2.34. The molecule has 0 atom stereocenters. The van der Waals surface area contributed by atoms with Crippen LogP contribution < -0.4 is 5.32 Å². The fraction of sp³-hybridized carbons (Fsp3) is 0.200. The third kappa shape index (κ3) is 3.60. The predicted molar refractivity (Wildman–Crippen MR) is 71.5 cm³/mol. The number of nitrogens with one attached hydrogen (secondary N) is 1. The minimum atomic E-state index is -4.85. The maximum atomic E-state index is 13.2. The molecule has 1 heterocycles. The first-order valence-corrected chi connectivity index (χ1v) is 6.34. The van der Waals surface area contributed by atoms with Gasteiger partial charge in [-0.2, -0.15) is 13.2 Å². The van der Waals surface area contributed by atoms with E-state index in [4.69, 9.17) is 0 Å². The standard InChI is InChI=1S/C15H12F4N2O/c1-9-3-2-6-20-13(9)8-21-14(22)10-4-5-12(16)11(7-10)15(17,18)19/h2-7H,8H2,1H3,(H,21,22). The maximum Gasteiger partial charge on any atom is 0.419 e. The zero-order valence-electron chi connectivity index (χ0n) is 11.5. The number of amides is 1. The molecule has 0 spiro atoms. The number of aryl methyl sites for hydroxylation is 1. The Bertz CT molecular complexity index is 698. The molecule has 22 heavy (non-hydrogen) atoms. The number of rotatable bonds is 3. The number of aromatic nitrogens is 1. The van der Waals surface area contributed by atoms with Gasteiger partial charge in [-0.15, -0.1) is 0 Å². The lowest BCUT2D eigenvalue weighted by Crippen LogP contribution is -2.24. The van der Waals surface area contributed by atoms with Crippen LogP contribution in [-0.4, -0.2) is 10.9 Å². The Labute approximate surface area is 124 Å². The second-order valence-corrected chi connectivity index (χ2v) is 4.64. The molecule has 0 fully saturated rings. The van der Waals surface area contributed by atoms with E-state index in [1.807, 2.05) is 0 Å². The lowest BCUT2D eigenvalue weighted by molar-refractivity contribution is -0.140. The van der Waals surface area contributed by atoms with Gasteiger partial charge in [0.25, 0.3) is 5.91 Å². The van der Waals surface area contributed by atoms with Crippen LogP contribution in [0.4, 0.5) is 17.6 Å². The number of carbonyl (C=O) groups is 1. The monoisotopic (exact) mass is 312 g/mol. The van der Waals surface area contributed by atoms with Crippen molar-refractivity contribution in [2.45, 2.75) is 19.6 Å². The first-order valence-electron chi connectivity index (χ1n) is 6.34. The summed E-state index contributed by atoms with van der Waals surface area (Å²) in [4.78, 5) is 16.0. The highest BCUT2D eigenvalue weighted by Crippen LogP contribution is 2.31. The SMILES string of the molecule is Cc1cccnc1CNC(=O)c1ccc(F)c(C(F)(F)F)c1. The average molecular weight is 312 g/mol. The highest BCUT2D eigenvalue weighted by molar-refractivity contribution is 5.94. The topological polar surface area (TPSA) is 42.0 Å². The molecule has 0 radical (unpaired) electrons. The van der Waals surface area contributed by atoms with Crippen LogP contribution in [0.5, 0.6) is 0 Å². The Morgan fingerprint density at radius 1 is 1.27 bits per heavy atom. The van der Waals surface area contributed by atoms with Crippen LogP contribution in [0.15, 0.2) is 36.5 Å². The molecule has 1 aromatic heterocycles. The van der Waals surface area contributed by atoms with Gasteiger partial charge in [0.2, 0.25) is 0 Å². The molecule has 0 aliphatic carbocycles. The quantitative estimate of drug-likeness (QED) is 0.882. The number of benzene rings is 1. The van der Waals surface area contributed by atoms with Crippen molar-refractivity contribution in [2.24, 2.45) is 0 Å². The van der Waals surface area contributed by atoms with E-state index in [1.165, 1.54) is 0 Å². The van der Waals surface area contributed by atoms with E-state index in [0.717, 1.165) is 11.6 Å². The van der Waals surface area contributed by atoms with E-state index in [2.05, 4.69) is 10.3 Å². The first kappa shape index (κ1) is 15.9. The summed E-state index contributed by atoms with van der Waals surface area (Å²) in [7, 11) is 0. The Hall–Kier alpha value is -2.44. The number of hydrogen-bond acceptors (Lipinski definition) is 2. The van der Waals surface area contributed by atoms with E-state index in [9.17, 15) is 22.4 Å². The molecular weight excluding hydrogens is 300 g/mol. The number of hydrogen-bond donors (Lipinski definition) is 1. The minimum Gasteiger partial charge on any atom is -0.346 e. The van der Waals surface area contributed by atoms with Gasteiger partial charge >= 0.3 is 6.18 Å². The van der Waals surface area contributed by atoms with E-state index in [0.29, 0.717) is 17.8 Å². The summed E-state index contributed by atoms with van der Waals surface area (Å²) >= 11 is 0. The Kier molecular flexibility index (Phi) is 4.44. The molecule has 1 aromatic carbocycles. The molecule has 0 bridgehead atoms. The molecule has 0 saturated heterocycles. The zero-order chi connectivity index (χ0) is 16.3. The molecule has 0 saturated carbocycles. The molecule has 0 aliphatic heterocycles. The van der Waals surface area contributed by atoms with Crippen molar-refractivity contribution in [1.82, 2.24) is 10.3 Å². The summed E-state index contributed by atoms with van der Waals surface area (Å²) in [6, 6.07) is 5.66. The summed E-state index contributed by atoms with van der Waals surface area (Å²) in [6.07, 6.45) is -3.30. The summed E-state index contributed by atoms with van der Waals surface area (Å²) in [5.74, 6) is -2.14. The second kappa shape index (κ2) is 6.13. The molecule has 0 aliphatic rings. The molecule has 2 rings (SSSR count). The van der Waals surface area contributed by atoms with E-state index < -0.39 is 23.5 Å². The summed E-state index contributed by atoms with van der Waals surface area (Å²) in [6.45, 7) is 1.87. The van der Waals surface area contributed by atoms with Crippen molar-refractivity contribution in [1.29, 1.82) is 0 Å². The van der Waals surface area contributed by atoms with Gasteiger partial charge in [0.1, 0.15) is 5.82 Å². The van der Waals surface area contributed by atoms with Crippen LogP contribution in [0.25, 0.3) is 0 Å². The van der Waals surface area contributed by atoms with Crippen LogP contribution in [-0.2, 0) is 12.7 Å². The largest absolute Gasteiger partial charge is 0.419 e. The number of carbonyl (C=O) groups excluding carboxylic acids is 1. The average Bonchev–Trinajstić information content (AvgIpc) is 2.45. The highest BCUT2D eigenvalue weighted by atomic mass is 19.4. The zero-order valence-corrected chi connectivity index (χ0v) is 11.5.